The number of benzene rings is 2. The predicted molar refractivity (Wildman–Crippen MR) is 115 cm³/mol. The summed E-state index contributed by atoms with van der Waals surface area (Å²) in [6, 6.07) is 13.8. The van der Waals surface area contributed by atoms with Gasteiger partial charge in [0.05, 0.1) is 4.90 Å². The summed E-state index contributed by atoms with van der Waals surface area (Å²) in [5.74, 6) is -0.216. The maximum absolute atomic E-state index is 13.1. The van der Waals surface area contributed by atoms with Crippen LogP contribution in [0.25, 0.3) is 0 Å². The van der Waals surface area contributed by atoms with Crippen LogP contribution in [0.2, 0.25) is 0 Å². The summed E-state index contributed by atoms with van der Waals surface area (Å²) in [5, 5.41) is 0. The second-order valence-corrected chi connectivity index (χ2v) is 9.22. The molecular formula is C22H30FN3O2S. The van der Waals surface area contributed by atoms with Gasteiger partial charge in [0.2, 0.25) is 10.0 Å². The van der Waals surface area contributed by atoms with Crippen LogP contribution < -0.4 is 9.62 Å². The Hall–Kier alpha value is -1.96. The first kappa shape index (κ1) is 21.7. The van der Waals surface area contributed by atoms with E-state index >= 15 is 0 Å². The number of anilines is 1. The number of hydrogen-bond acceptors (Lipinski definition) is 4. The fourth-order valence-corrected chi connectivity index (χ4v) is 4.67. The van der Waals surface area contributed by atoms with Crippen molar-refractivity contribution in [3.63, 3.8) is 0 Å². The molecule has 1 heterocycles. The van der Waals surface area contributed by atoms with Gasteiger partial charge in [-0.2, -0.15) is 0 Å². The van der Waals surface area contributed by atoms with Crippen LogP contribution in [0.1, 0.15) is 25.3 Å². The van der Waals surface area contributed by atoms with Crippen molar-refractivity contribution in [1.82, 2.24) is 9.62 Å². The third-order valence-electron chi connectivity index (χ3n) is 5.28. The molecule has 7 heteroatoms. The molecule has 2 aromatic carbocycles. The van der Waals surface area contributed by atoms with Gasteiger partial charge in [0.25, 0.3) is 0 Å². The lowest BCUT2D eigenvalue weighted by molar-refractivity contribution is 0.255. The van der Waals surface area contributed by atoms with Crippen LogP contribution in [-0.4, -0.2) is 52.6 Å². The smallest absolute Gasteiger partial charge is 0.240 e. The molecule has 0 aromatic heterocycles. The van der Waals surface area contributed by atoms with E-state index in [2.05, 4.69) is 21.4 Å². The molecule has 1 aliphatic heterocycles. The van der Waals surface area contributed by atoms with Gasteiger partial charge in [-0.3, -0.25) is 4.90 Å². The molecule has 0 atom stereocenters. The highest BCUT2D eigenvalue weighted by molar-refractivity contribution is 7.89. The van der Waals surface area contributed by atoms with Gasteiger partial charge in [-0.05, 0) is 61.3 Å². The van der Waals surface area contributed by atoms with Gasteiger partial charge in [-0.15, -0.1) is 0 Å². The zero-order valence-electron chi connectivity index (χ0n) is 17.0. The van der Waals surface area contributed by atoms with E-state index in [-0.39, 0.29) is 5.82 Å². The molecule has 0 bridgehead atoms. The van der Waals surface area contributed by atoms with E-state index in [9.17, 15) is 12.8 Å². The maximum Gasteiger partial charge on any atom is 0.240 e. The van der Waals surface area contributed by atoms with Gasteiger partial charge >= 0.3 is 0 Å². The van der Waals surface area contributed by atoms with Crippen LogP contribution in [-0.2, 0) is 16.4 Å². The minimum absolute atomic E-state index is 0.216. The summed E-state index contributed by atoms with van der Waals surface area (Å²) >= 11 is 0. The molecule has 158 valence electrons. The highest BCUT2D eigenvalue weighted by Crippen LogP contribution is 2.17. The Bertz CT molecular complexity index is 862. The third-order valence-corrected chi connectivity index (χ3v) is 6.76. The van der Waals surface area contributed by atoms with Crippen LogP contribution >= 0.6 is 0 Å². The third kappa shape index (κ3) is 6.26. The maximum atomic E-state index is 13.1. The molecular weight excluding hydrogens is 389 g/mol. The number of rotatable bonds is 9. The minimum Gasteiger partial charge on any atom is -0.369 e. The van der Waals surface area contributed by atoms with E-state index in [0.717, 1.165) is 63.2 Å². The van der Waals surface area contributed by atoms with Crippen molar-refractivity contribution >= 4 is 15.7 Å². The van der Waals surface area contributed by atoms with Gasteiger partial charge < -0.3 is 4.90 Å². The molecule has 29 heavy (non-hydrogen) atoms. The average molecular weight is 420 g/mol. The van der Waals surface area contributed by atoms with E-state index in [1.165, 1.54) is 12.1 Å². The number of halogens is 1. The SMILES string of the molecule is CCCc1ccc(S(=O)(=O)NCCCN2CCN(c3ccc(F)cc3)CC2)cc1. The van der Waals surface area contributed by atoms with Gasteiger partial charge in [0, 0.05) is 38.4 Å². The molecule has 2 aromatic rings. The molecule has 1 fully saturated rings. The quantitative estimate of drug-likeness (QED) is 0.634. The summed E-state index contributed by atoms with van der Waals surface area (Å²) in [5.41, 5.74) is 2.20. The van der Waals surface area contributed by atoms with Crippen LogP contribution in [0.3, 0.4) is 0 Å². The average Bonchev–Trinajstić information content (AvgIpc) is 2.73. The summed E-state index contributed by atoms with van der Waals surface area (Å²) < 4.78 is 40.6. The highest BCUT2D eigenvalue weighted by Gasteiger charge is 2.18. The minimum atomic E-state index is -3.45. The first-order chi connectivity index (χ1) is 14.0. The number of nitrogens with one attached hydrogen (secondary N) is 1. The second-order valence-electron chi connectivity index (χ2n) is 7.45. The molecule has 1 saturated heterocycles. The number of sulfonamides is 1. The zero-order valence-corrected chi connectivity index (χ0v) is 17.8. The Balaban J connectivity index is 1.38. The van der Waals surface area contributed by atoms with E-state index in [1.54, 1.807) is 12.1 Å². The van der Waals surface area contributed by atoms with E-state index in [1.807, 2.05) is 24.3 Å². The molecule has 1 aliphatic rings. The van der Waals surface area contributed by atoms with E-state index in [4.69, 9.17) is 0 Å². The van der Waals surface area contributed by atoms with Crippen LogP contribution in [0.15, 0.2) is 53.4 Å². The largest absolute Gasteiger partial charge is 0.369 e. The topological polar surface area (TPSA) is 52.7 Å². The van der Waals surface area contributed by atoms with Crippen molar-refractivity contribution in [2.24, 2.45) is 0 Å². The molecule has 0 unspecified atom stereocenters. The normalized spacial score (nSPS) is 15.6. The van der Waals surface area contributed by atoms with Gasteiger partial charge in [0.1, 0.15) is 5.82 Å². The molecule has 0 aliphatic carbocycles. The highest BCUT2D eigenvalue weighted by atomic mass is 32.2. The lowest BCUT2D eigenvalue weighted by atomic mass is 10.1. The van der Waals surface area contributed by atoms with Crippen molar-refractivity contribution in [2.45, 2.75) is 31.1 Å². The van der Waals surface area contributed by atoms with Crippen LogP contribution in [0.4, 0.5) is 10.1 Å². The lowest BCUT2D eigenvalue weighted by Crippen LogP contribution is -2.47. The van der Waals surface area contributed by atoms with Crippen molar-refractivity contribution in [2.75, 3.05) is 44.2 Å². The molecule has 1 N–H and O–H groups in total. The van der Waals surface area contributed by atoms with Crippen LogP contribution in [0, 0.1) is 5.82 Å². The van der Waals surface area contributed by atoms with Crippen molar-refractivity contribution < 1.29 is 12.8 Å². The fourth-order valence-electron chi connectivity index (χ4n) is 3.60. The monoisotopic (exact) mass is 419 g/mol. The lowest BCUT2D eigenvalue weighted by Gasteiger charge is -2.36. The Kier molecular flexibility index (Phi) is 7.64. The fraction of sp³-hybridized carbons (Fsp3) is 0.455. The molecule has 0 radical (unpaired) electrons. The van der Waals surface area contributed by atoms with Crippen LogP contribution in [0.5, 0.6) is 0 Å². The molecule has 0 amide bonds. The van der Waals surface area contributed by atoms with Crippen molar-refractivity contribution in [3.05, 3.63) is 59.9 Å². The standard InChI is InChI=1S/C22H30FN3O2S/c1-2-4-19-5-11-22(12-6-19)29(27,28)24-13-3-14-25-15-17-26(18-16-25)21-9-7-20(23)8-10-21/h5-12,24H,2-4,13-18H2,1H3. The number of piperazine rings is 1. The Morgan fingerprint density at radius 3 is 2.24 bits per heavy atom. The summed E-state index contributed by atoms with van der Waals surface area (Å²) in [7, 11) is -3.45. The molecule has 0 spiro atoms. The summed E-state index contributed by atoms with van der Waals surface area (Å²) in [4.78, 5) is 4.92. The predicted octanol–water partition coefficient (Wildman–Crippen LogP) is 3.27. The Morgan fingerprint density at radius 1 is 0.966 bits per heavy atom. The van der Waals surface area contributed by atoms with E-state index < -0.39 is 10.0 Å². The number of hydrogen-bond donors (Lipinski definition) is 1. The van der Waals surface area contributed by atoms with Gasteiger partial charge in [0.15, 0.2) is 0 Å². The van der Waals surface area contributed by atoms with Gasteiger partial charge in [-0.25, -0.2) is 17.5 Å². The Morgan fingerprint density at radius 2 is 1.62 bits per heavy atom. The van der Waals surface area contributed by atoms with Gasteiger partial charge in [-0.1, -0.05) is 25.5 Å². The summed E-state index contributed by atoms with van der Waals surface area (Å²) in [6.45, 7) is 7.01. The number of nitrogens with zero attached hydrogens (tertiary/aromatic N) is 2. The molecule has 5 nitrogen and oxygen atoms in total. The number of aryl methyl sites for hydroxylation is 1. The zero-order chi connectivity index (χ0) is 20.7. The summed E-state index contributed by atoms with van der Waals surface area (Å²) in [6.07, 6.45) is 2.77. The Labute approximate surface area is 173 Å². The second kappa shape index (κ2) is 10.2. The molecule has 0 saturated carbocycles. The molecule has 3 rings (SSSR count). The first-order valence-electron chi connectivity index (χ1n) is 10.3. The van der Waals surface area contributed by atoms with E-state index in [0.29, 0.717) is 11.4 Å². The van der Waals surface area contributed by atoms with Crippen molar-refractivity contribution in [1.29, 1.82) is 0 Å². The van der Waals surface area contributed by atoms with Crippen molar-refractivity contribution in [3.8, 4) is 0 Å². The first-order valence-corrected chi connectivity index (χ1v) is 11.8.